The molecule has 1 aliphatic carbocycles. The number of carbonyl (C=O) groups excluding carboxylic acids is 2. The Bertz CT molecular complexity index is 318. The van der Waals surface area contributed by atoms with E-state index in [0.29, 0.717) is 0 Å². The molecule has 0 amide bonds. The number of ketones is 2. The van der Waals surface area contributed by atoms with Crippen molar-refractivity contribution >= 4 is 11.6 Å². The predicted octanol–water partition coefficient (Wildman–Crippen LogP) is 1.19. The largest absolute Gasteiger partial charge is 0.313 e. The highest BCUT2D eigenvalue weighted by molar-refractivity contribution is 6.15. The first-order chi connectivity index (χ1) is 6.77. The Labute approximate surface area is 89.5 Å². The standard InChI is InChI=1S/C11H17NO3/c1-7(2)12(15)9-8(13)5-6-11(3,4)10(9)14/h5-7,9,15H,1-4H3. The van der Waals surface area contributed by atoms with Crippen LogP contribution in [-0.2, 0) is 9.59 Å². The highest BCUT2D eigenvalue weighted by atomic mass is 16.5. The number of hydrogen-bond acceptors (Lipinski definition) is 4. The molecule has 1 aliphatic rings. The van der Waals surface area contributed by atoms with Gasteiger partial charge in [-0.05, 0) is 33.8 Å². The monoisotopic (exact) mass is 211 g/mol. The Hall–Kier alpha value is -1.00. The van der Waals surface area contributed by atoms with Crippen molar-refractivity contribution in [2.45, 2.75) is 39.8 Å². The van der Waals surface area contributed by atoms with Gasteiger partial charge in [0.2, 0.25) is 0 Å². The molecule has 0 fully saturated rings. The lowest BCUT2D eigenvalue weighted by molar-refractivity contribution is -0.174. The number of rotatable bonds is 2. The molecule has 0 radical (unpaired) electrons. The summed E-state index contributed by atoms with van der Waals surface area (Å²) in [5.74, 6) is -0.610. The molecular formula is C11H17NO3. The summed E-state index contributed by atoms with van der Waals surface area (Å²) in [5, 5.41) is 10.5. The van der Waals surface area contributed by atoms with Crippen LogP contribution in [0.1, 0.15) is 27.7 Å². The van der Waals surface area contributed by atoms with Crippen molar-refractivity contribution in [2.75, 3.05) is 0 Å². The van der Waals surface area contributed by atoms with Crippen LogP contribution in [0.25, 0.3) is 0 Å². The summed E-state index contributed by atoms with van der Waals surface area (Å²) >= 11 is 0. The zero-order chi connectivity index (χ0) is 11.8. The molecule has 0 aromatic rings. The van der Waals surface area contributed by atoms with Crippen molar-refractivity contribution in [1.29, 1.82) is 0 Å². The van der Waals surface area contributed by atoms with Gasteiger partial charge in [0.05, 0.1) is 0 Å². The smallest absolute Gasteiger partial charge is 0.182 e. The van der Waals surface area contributed by atoms with Gasteiger partial charge in [0.15, 0.2) is 17.6 Å². The first-order valence-electron chi connectivity index (χ1n) is 5.02. The SMILES string of the molecule is CC(C)N(O)C1C(=O)C=CC(C)(C)C1=O. The second-order valence-electron chi connectivity index (χ2n) is 4.70. The molecule has 4 heteroatoms. The summed E-state index contributed by atoms with van der Waals surface area (Å²) in [7, 11) is 0. The maximum Gasteiger partial charge on any atom is 0.182 e. The van der Waals surface area contributed by atoms with Crippen LogP contribution in [0, 0.1) is 5.41 Å². The van der Waals surface area contributed by atoms with Crippen LogP contribution in [0.5, 0.6) is 0 Å². The molecular weight excluding hydrogens is 194 g/mol. The fourth-order valence-electron chi connectivity index (χ4n) is 1.49. The fourth-order valence-corrected chi connectivity index (χ4v) is 1.49. The third-order valence-corrected chi connectivity index (χ3v) is 2.61. The lowest BCUT2D eigenvalue weighted by Gasteiger charge is -2.33. The van der Waals surface area contributed by atoms with E-state index in [1.807, 2.05) is 0 Å². The van der Waals surface area contributed by atoms with E-state index in [0.717, 1.165) is 5.06 Å². The molecule has 0 spiro atoms. The summed E-state index contributed by atoms with van der Waals surface area (Å²) in [4.78, 5) is 23.5. The lowest BCUT2D eigenvalue weighted by atomic mass is 9.78. The molecule has 0 saturated heterocycles. The van der Waals surface area contributed by atoms with Gasteiger partial charge in [0.25, 0.3) is 0 Å². The number of carbonyl (C=O) groups is 2. The first kappa shape index (κ1) is 12.1. The number of hydroxylamine groups is 2. The molecule has 0 aliphatic heterocycles. The second-order valence-corrected chi connectivity index (χ2v) is 4.70. The molecule has 84 valence electrons. The Morgan fingerprint density at radius 2 is 1.93 bits per heavy atom. The van der Waals surface area contributed by atoms with E-state index in [-0.39, 0.29) is 17.6 Å². The maximum atomic E-state index is 11.9. The van der Waals surface area contributed by atoms with Crippen molar-refractivity contribution < 1.29 is 14.8 Å². The molecule has 1 unspecified atom stereocenters. The van der Waals surface area contributed by atoms with Gasteiger partial charge in [-0.3, -0.25) is 9.59 Å². The van der Waals surface area contributed by atoms with Crippen LogP contribution in [-0.4, -0.2) is 33.9 Å². The van der Waals surface area contributed by atoms with Crippen LogP contribution in [0.15, 0.2) is 12.2 Å². The number of nitrogens with zero attached hydrogens (tertiary/aromatic N) is 1. The zero-order valence-corrected chi connectivity index (χ0v) is 9.52. The number of hydrogen-bond donors (Lipinski definition) is 1. The van der Waals surface area contributed by atoms with Crippen molar-refractivity contribution in [3.8, 4) is 0 Å². The van der Waals surface area contributed by atoms with Crippen molar-refractivity contribution in [2.24, 2.45) is 5.41 Å². The van der Waals surface area contributed by atoms with E-state index in [1.54, 1.807) is 33.8 Å². The molecule has 0 bridgehead atoms. The summed E-state index contributed by atoms with van der Waals surface area (Å²) in [5.41, 5.74) is -0.686. The predicted molar refractivity (Wildman–Crippen MR) is 55.5 cm³/mol. The third-order valence-electron chi connectivity index (χ3n) is 2.61. The minimum atomic E-state index is -1.05. The zero-order valence-electron chi connectivity index (χ0n) is 9.52. The molecule has 0 aromatic heterocycles. The van der Waals surface area contributed by atoms with Gasteiger partial charge in [-0.15, -0.1) is 0 Å². The van der Waals surface area contributed by atoms with Gasteiger partial charge in [-0.2, -0.15) is 5.06 Å². The van der Waals surface area contributed by atoms with E-state index in [4.69, 9.17) is 0 Å². The highest BCUT2D eigenvalue weighted by Crippen LogP contribution is 2.27. The number of Topliss-reactive ketones (excluding diaryl/α,β-unsaturated/α-hetero) is 1. The average molecular weight is 211 g/mol. The summed E-state index contributed by atoms with van der Waals surface area (Å²) in [6, 6.07) is -1.31. The van der Waals surface area contributed by atoms with Gasteiger partial charge in [-0.25, -0.2) is 0 Å². The normalized spacial score (nSPS) is 25.4. The average Bonchev–Trinajstić information content (AvgIpc) is 2.12. The van der Waals surface area contributed by atoms with Gasteiger partial charge in [-0.1, -0.05) is 6.08 Å². The molecule has 0 saturated carbocycles. The number of allylic oxidation sites excluding steroid dienone is 1. The van der Waals surface area contributed by atoms with Crippen molar-refractivity contribution in [1.82, 2.24) is 5.06 Å². The van der Waals surface area contributed by atoms with Crippen LogP contribution >= 0.6 is 0 Å². The molecule has 1 atom stereocenters. The van der Waals surface area contributed by atoms with E-state index in [9.17, 15) is 14.8 Å². The Kier molecular flexibility index (Phi) is 3.11. The van der Waals surface area contributed by atoms with Gasteiger partial charge in [0.1, 0.15) is 0 Å². The van der Waals surface area contributed by atoms with Crippen LogP contribution in [0.2, 0.25) is 0 Å². The summed E-state index contributed by atoms with van der Waals surface area (Å²) in [6.45, 7) is 6.93. The van der Waals surface area contributed by atoms with Gasteiger partial charge >= 0.3 is 0 Å². The molecule has 0 aromatic carbocycles. The van der Waals surface area contributed by atoms with Crippen LogP contribution in [0.3, 0.4) is 0 Å². The molecule has 1 N–H and O–H groups in total. The molecule has 4 nitrogen and oxygen atoms in total. The van der Waals surface area contributed by atoms with E-state index in [2.05, 4.69) is 0 Å². The van der Waals surface area contributed by atoms with Crippen molar-refractivity contribution in [3.63, 3.8) is 0 Å². The fraction of sp³-hybridized carbons (Fsp3) is 0.636. The lowest BCUT2D eigenvalue weighted by Crippen LogP contribution is -2.53. The van der Waals surface area contributed by atoms with Crippen LogP contribution < -0.4 is 0 Å². The van der Waals surface area contributed by atoms with Crippen LogP contribution in [0.4, 0.5) is 0 Å². The third kappa shape index (κ3) is 2.16. The minimum absolute atomic E-state index is 0.258. The van der Waals surface area contributed by atoms with Gasteiger partial charge in [0, 0.05) is 11.5 Å². The van der Waals surface area contributed by atoms with E-state index < -0.39 is 11.5 Å². The molecule has 15 heavy (non-hydrogen) atoms. The highest BCUT2D eigenvalue weighted by Gasteiger charge is 2.42. The van der Waals surface area contributed by atoms with Gasteiger partial charge < -0.3 is 5.21 Å². The summed E-state index contributed by atoms with van der Waals surface area (Å²) in [6.07, 6.45) is 2.96. The van der Waals surface area contributed by atoms with E-state index in [1.165, 1.54) is 6.08 Å². The topological polar surface area (TPSA) is 57.6 Å². The molecule has 1 rings (SSSR count). The maximum absolute atomic E-state index is 11.9. The quantitative estimate of drug-likeness (QED) is 0.550. The molecule has 0 heterocycles. The summed E-state index contributed by atoms with van der Waals surface area (Å²) < 4.78 is 0. The Morgan fingerprint density at radius 3 is 2.40 bits per heavy atom. The Morgan fingerprint density at radius 1 is 1.40 bits per heavy atom. The first-order valence-corrected chi connectivity index (χ1v) is 5.02. The van der Waals surface area contributed by atoms with E-state index >= 15 is 0 Å². The minimum Gasteiger partial charge on any atom is -0.313 e. The van der Waals surface area contributed by atoms with Crippen molar-refractivity contribution in [3.05, 3.63) is 12.2 Å². The Balaban J connectivity index is 3.04. The second kappa shape index (κ2) is 3.87.